The van der Waals surface area contributed by atoms with Crippen molar-refractivity contribution in [3.8, 4) is 10.6 Å². The van der Waals surface area contributed by atoms with Crippen molar-refractivity contribution in [1.29, 1.82) is 0 Å². The first kappa shape index (κ1) is 21.5. The fourth-order valence-electron chi connectivity index (χ4n) is 2.64. The van der Waals surface area contributed by atoms with Gasteiger partial charge in [-0.15, -0.1) is 0 Å². The number of rotatable bonds is 9. The smallest absolute Gasteiger partial charge is 0.164 e. The molecular weight excluding hydrogens is 536 g/mol. The van der Waals surface area contributed by atoms with Gasteiger partial charge in [-0.1, -0.05) is 60.4 Å². The molecule has 3 nitrogen and oxygen atoms in total. The monoisotopic (exact) mass is 555 g/mol. The third-order valence-corrected chi connectivity index (χ3v) is 9.95. The molecular formula is C18H20ClFIN3S3. The van der Waals surface area contributed by atoms with Crippen molar-refractivity contribution in [3.05, 3.63) is 29.7 Å². The maximum atomic E-state index is 14.0. The van der Waals surface area contributed by atoms with E-state index < -0.39 is 24.4 Å². The number of halogens is 3. The highest BCUT2D eigenvalue weighted by Crippen LogP contribution is 2.56. The summed E-state index contributed by atoms with van der Waals surface area (Å²) in [6.45, 7) is 2.79. The van der Waals surface area contributed by atoms with Crippen LogP contribution in [-0.2, 0) is 0 Å². The number of pyridine rings is 1. The van der Waals surface area contributed by atoms with Crippen LogP contribution >= 0.6 is 67.6 Å². The fourth-order valence-corrected chi connectivity index (χ4v) is 7.70. The molecule has 0 aliphatic heterocycles. The lowest BCUT2D eigenvalue weighted by atomic mass is 10.3. The van der Waals surface area contributed by atoms with E-state index in [0.717, 1.165) is 45.0 Å². The van der Waals surface area contributed by atoms with Crippen LogP contribution in [0.4, 0.5) is 9.39 Å². The summed E-state index contributed by atoms with van der Waals surface area (Å²) in [6.07, 6.45) is 4.99. The zero-order chi connectivity index (χ0) is 19.4. The predicted octanol–water partition coefficient (Wildman–Crippen LogP) is 6.22. The molecule has 0 aromatic carbocycles. The highest BCUT2D eigenvalue weighted by molar-refractivity contribution is 14.2. The number of thiazole rings is 1. The molecule has 0 saturated heterocycles. The number of thiocarbonyl (C=S) groups is 1. The van der Waals surface area contributed by atoms with Crippen molar-refractivity contribution >= 4 is 82.2 Å². The summed E-state index contributed by atoms with van der Waals surface area (Å²) >= 11 is 14.8. The molecule has 9 heteroatoms. The molecule has 0 bridgehead atoms. The molecule has 2 atom stereocenters. The van der Waals surface area contributed by atoms with Crippen molar-refractivity contribution < 1.29 is 4.39 Å². The van der Waals surface area contributed by atoms with Crippen LogP contribution in [-0.4, -0.2) is 41.2 Å². The van der Waals surface area contributed by atoms with Crippen LogP contribution in [0.25, 0.3) is 10.6 Å². The molecule has 27 heavy (non-hydrogen) atoms. The zero-order valence-electron chi connectivity index (χ0n) is 14.8. The maximum absolute atomic E-state index is 14.0. The molecule has 2 aromatic heterocycles. The maximum Gasteiger partial charge on any atom is 0.164 e. The second-order valence-electron chi connectivity index (χ2n) is 6.12. The van der Waals surface area contributed by atoms with Crippen molar-refractivity contribution in [2.24, 2.45) is 5.92 Å². The Kier molecular flexibility index (Phi) is 7.63. The summed E-state index contributed by atoms with van der Waals surface area (Å²) in [5.41, 5.74) is 0.945. The predicted molar refractivity (Wildman–Crippen MR) is 131 cm³/mol. The Morgan fingerprint density at radius 1 is 1.63 bits per heavy atom. The van der Waals surface area contributed by atoms with Crippen LogP contribution in [0.3, 0.4) is 0 Å². The van der Waals surface area contributed by atoms with Gasteiger partial charge in [0.1, 0.15) is 10.0 Å². The van der Waals surface area contributed by atoms with E-state index in [2.05, 4.69) is 21.4 Å². The molecule has 2 heterocycles. The van der Waals surface area contributed by atoms with Gasteiger partial charge in [0.25, 0.3) is 0 Å². The van der Waals surface area contributed by atoms with E-state index in [-0.39, 0.29) is 5.92 Å². The van der Waals surface area contributed by atoms with Crippen LogP contribution in [0.5, 0.6) is 0 Å². The van der Waals surface area contributed by atoms with E-state index in [1.54, 1.807) is 24.2 Å². The zero-order valence-corrected chi connectivity index (χ0v) is 20.2. The molecule has 0 spiro atoms. The summed E-state index contributed by atoms with van der Waals surface area (Å²) in [7, 11) is 0. The average molecular weight is 556 g/mol. The number of hydrogen-bond donors (Lipinski definition) is 0. The van der Waals surface area contributed by atoms with Gasteiger partial charge in [0, 0.05) is 42.6 Å². The molecule has 0 amide bonds. The van der Waals surface area contributed by atoms with Gasteiger partial charge in [-0.3, -0.25) is 4.98 Å². The fraction of sp³-hybridized carbons (Fsp3) is 0.444. The largest absolute Gasteiger partial charge is 0.325 e. The van der Waals surface area contributed by atoms with E-state index >= 15 is 0 Å². The van der Waals surface area contributed by atoms with Gasteiger partial charge in [-0.05, 0) is 31.2 Å². The summed E-state index contributed by atoms with van der Waals surface area (Å²) in [5.74, 6) is 1.97. The third kappa shape index (κ3) is 5.26. The Morgan fingerprint density at radius 2 is 2.44 bits per heavy atom. The van der Waals surface area contributed by atoms with Crippen molar-refractivity contribution in [1.82, 2.24) is 9.97 Å². The van der Waals surface area contributed by atoms with E-state index in [1.807, 2.05) is 17.0 Å². The molecule has 2 aromatic rings. The van der Waals surface area contributed by atoms with Crippen molar-refractivity contribution in [2.75, 3.05) is 23.0 Å². The molecule has 0 radical (unpaired) electrons. The number of alkyl halides is 2. The molecule has 2 unspecified atom stereocenters. The standard InChI is InChI=1S/C18H20ClFIN3S3/c1-3-24(14(25)6-8-26-11-13-9-18(13,20)21-2)17-15(19)23-16(27-17)12-5-4-7-22-10-12/h4-5,7,10,13H,2-3,6,8-9,11H2,1H3. The highest BCUT2D eigenvalue weighted by Gasteiger charge is 2.53. The summed E-state index contributed by atoms with van der Waals surface area (Å²) < 4.78 is 16.9. The van der Waals surface area contributed by atoms with E-state index in [4.69, 9.17) is 23.8 Å². The van der Waals surface area contributed by atoms with Gasteiger partial charge in [-0.2, -0.15) is 11.8 Å². The highest BCUT2D eigenvalue weighted by atomic mass is 127. The lowest BCUT2D eigenvalue weighted by Crippen LogP contribution is -2.28. The van der Waals surface area contributed by atoms with Crippen LogP contribution in [0.2, 0.25) is 5.15 Å². The molecule has 146 valence electrons. The van der Waals surface area contributed by atoms with E-state index in [1.165, 1.54) is 11.3 Å². The van der Waals surface area contributed by atoms with Crippen LogP contribution in [0.1, 0.15) is 19.8 Å². The number of aromatic nitrogens is 2. The van der Waals surface area contributed by atoms with Gasteiger partial charge < -0.3 is 4.90 Å². The van der Waals surface area contributed by atoms with Crippen LogP contribution in [0, 0.1) is 5.92 Å². The van der Waals surface area contributed by atoms with E-state index in [0.29, 0.717) is 11.6 Å². The normalized spacial score (nSPS) is 21.2. The minimum atomic E-state index is -0.902. The van der Waals surface area contributed by atoms with Gasteiger partial charge in [-0.25, -0.2) is 9.37 Å². The molecule has 1 fully saturated rings. The van der Waals surface area contributed by atoms with Gasteiger partial charge >= 0.3 is 0 Å². The van der Waals surface area contributed by atoms with Gasteiger partial charge in [0.15, 0.2) is 8.83 Å². The first-order valence-corrected chi connectivity index (χ1v) is 13.9. The van der Waals surface area contributed by atoms with E-state index in [9.17, 15) is 4.39 Å². The number of thioether (sulfide) groups is 1. The second kappa shape index (κ2) is 9.56. The molecule has 1 aliphatic rings. The Morgan fingerprint density at radius 3 is 3.07 bits per heavy atom. The van der Waals surface area contributed by atoms with Gasteiger partial charge in [0.2, 0.25) is 0 Å². The lowest BCUT2D eigenvalue weighted by Gasteiger charge is -2.22. The second-order valence-corrected chi connectivity index (χ2v) is 11.6. The third-order valence-electron chi connectivity index (χ3n) is 4.30. The van der Waals surface area contributed by atoms with Crippen molar-refractivity contribution in [2.45, 2.75) is 23.4 Å². The topological polar surface area (TPSA) is 29.0 Å². The Balaban J connectivity index is 1.57. The first-order valence-electron chi connectivity index (χ1n) is 8.51. The average Bonchev–Trinajstić information content (AvgIpc) is 3.19. The molecule has 3 rings (SSSR count). The summed E-state index contributed by atoms with van der Waals surface area (Å²) in [6, 6.07) is 3.85. The minimum absolute atomic E-state index is 0.210. The number of hydrogen-bond acceptors (Lipinski definition) is 5. The summed E-state index contributed by atoms with van der Waals surface area (Å²) in [4.78, 5) is 11.5. The van der Waals surface area contributed by atoms with Crippen LogP contribution < -0.4 is 4.90 Å². The van der Waals surface area contributed by atoms with Crippen molar-refractivity contribution in [3.63, 3.8) is 0 Å². The van der Waals surface area contributed by atoms with Gasteiger partial charge in [0.05, 0.1) is 4.99 Å². The SMILES string of the molecule is C=IC1(F)CC1CSCCC(=S)N(CC)c1sc(-c2cccnc2)nc1Cl. The molecule has 1 saturated carbocycles. The molecule has 0 N–H and O–H groups in total. The minimum Gasteiger partial charge on any atom is -0.325 e. The van der Waals surface area contributed by atoms with Crippen LogP contribution in [0.15, 0.2) is 24.5 Å². The number of anilines is 1. The Bertz CT molecular complexity index is 819. The first-order chi connectivity index (χ1) is 13.0. The number of nitrogens with zero attached hydrogens (tertiary/aromatic N) is 3. The molecule has 1 aliphatic carbocycles. The summed E-state index contributed by atoms with van der Waals surface area (Å²) in [5, 5.41) is 2.18. The Labute approximate surface area is 187 Å². The lowest BCUT2D eigenvalue weighted by molar-refractivity contribution is 0.435. The Hall–Kier alpha value is -0.160. The quantitative estimate of drug-likeness (QED) is 0.158.